The maximum Gasteiger partial charge on any atom is 0.250 e. The van der Waals surface area contributed by atoms with Crippen LogP contribution in [0, 0.1) is 17.7 Å². The summed E-state index contributed by atoms with van der Waals surface area (Å²) in [7, 11) is 0. The van der Waals surface area contributed by atoms with E-state index < -0.39 is 11.4 Å². The van der Waals surface area contributed by atoms with Gasteiger partial charge in [0, 0.05) is 5.69 Å². The summed E-state index contributed by atoms with van der Waals surface area (Å²) in [5.74, 6) is 4.43. The number of carbonyl (C=O) groups excluding carboxylic acids is 1. The van der Waals surface area contributed by atoms with E-state index in [1.807, 2.05) is 20.8 Å². The van der Waals surface area contributed by atoms with Gasteiger partial charge < -0.3 is 15.8 Å². The first kappa shape index (κ1) is 16.2. The lowest BCUT2D eigenvalue weighted by atomic mass is 10.2. The second-order valence-corrected chi connectivity index (χ2v) is 5.15. The molecule has 0 bridgehead atoms. The summed E-state index contributed by atoms with van der Waals surface area (Å²) in [6, 6.07) is 4.19. The molecule has 0 saturated carbocycles. The maximum atomic E-state index is 13.5. The van der Waals surface area contributed by atoms with E-state index in [2.05, 4.69) is 17.2 Å². The molecule has 0 heterocycles. The Labute approximate surface area is 118 Å². The Kier molecular flexibility index (Phi) is 5.68. The Balaban J connectivity index is 2.71. The topological polar surface area (TPSA) is 64.3 Å². The number of rotatable bonds is 3. The van der Waals surface area contributed by atoms with Crippen LogP contribution in [0.1, 0.15) is 26.3 Å². The van der Waals surface area contributed by atoms with Gasteiger partial charge >= 0.3 is 0 Å². The van der Waals surface area contributed by atoms with Crippen molar-refractivity contribution in [3.05, 3.63) is 29.6 Å². The Bertz CT molecular complexity index is 539. The third-order valence-electron chi connectivity index (χ3n) is 2.21. The number of nitrogens with two attached hydrogens (primary N) is 1. The van der Waals surface area contributed by atoms with Gasteiger partial charge in [-0.25, -0.2) is 4.39 Å². The van der Waals surface area contributed by atoms with Gasteiger partial charge in [-0.15, -0.1) is 0 Å². The molecule has 0 atom stereocenters. The van der Waals surface area contributed by atoms with Gasteiger partial charge in [0.25, 0.3) is 0 Å². The highest BCUT2D eigenvalue weighted by molar-refractivity contribution is 5.91. The summed E-state index contributed by atoms with van der Waals surface area (Å²) in [5, 5.41) is 2.63. The van der Waals surface area contributed by atoms with Crippen molar-refractivity contribution in [2.75, 3.05) is 18.5 Å². The Morgan fingerprint density at radius 1 is 1.45 bits per heavy atom. The average Bonchev–Trinajstić information content (AvgIpc) is 2.36. The fourth-order valence-electron chi connectivity index (χ4n) is 1.32. The molecule has 1 rings (SSSR count). The fraction of sp³-hybridized carbons (Fsp3) is 0.400. The van der Waals surface area contributed by atoms with E-state index in [0.29, 0.717) is 5.69 Å². The molecule has 108 valence electrons. The first-order valence-electron chi connectivity index (χ1n) is 6.24. The van der Waals surface area contributed by atoms with E-state index in [1.54, 1.807) is 0 Å². The molecule has 0 aromatic heterocycles. The minimum absolute atomic E-state index is 0.0648. The zero-order valence-corrected chi connectivity index (χ0v) is 11.9. The van der Waals surface area contributed by atoms with Gasteiger partial charge in [-0.1, -0.05) is 11.8 Å². The first-order valence-corrected chi connectivity index (χ1v) is 6.24. The number of nitrogens with one attached hydrogen (secondary N) is 1. The third-order valence-corrected chi connectivity index (χ3v) is 2.21. The van der Waals surface area contributed by atoms with Crippen molar-refractivity contribution in [2.45, 2.75) is 26.4 Å². The van der Waals surface area contributed by atoms with Crippen molar-refractivity contribution in [2.24, 2.45) is 5.73 Å². The molecular formula is C15H19FN2O2. The molecule has 0 aliphatic heterocycles. The molecule has 3 N–H and O–H groups in total. The second-order valence-electron chi connectivity index (χ2n) is 5.15. The SMILES string of the molecule is CC(C)(C)OCC(=O)Nc1ccc(F)c(C#CCN)c1. The highest BCUT2D eigenvalue weighted by atomic mass is 19.1. The molecule has 1 aromatic carbocycles. The van der Waals surface area contributed by atoms with Gasteiger partial charge in [-0.05, 0) is 39.0 Å². The van der Waals surface area contributed by atoms with Gasteiger partial charge in [0.1, 0.15) is 12.4 Å². The zero-order valence-electron chi connectivity index (χ0n) is 11.9. The molecule has 4 nitrogen and oxygen atoms in total. The first-order chi connectivity index (χ1) is 9.31. The number of halogens is 1. The van der Waals surface area contributed by atoms with Crippen LogP contribution in [0.4, 0.5) is 10.1 Å². The lowest BCUT2D eigenvalue weighted by Crippen LogP contribution is -2.27. The highest BCUT2D eigenvalue weighted by Crippen LogP contribution is 2.14. The van der Waals surface area contributed by atoms with E-state index in [9.17, 15) is 9.18 Å². The van der Waals surface area contributed by atoms with E-state index >= 15 is 0 Å². The summed E-state index contributed by atoms with van der Waals surface area (Å²) < 4.78 is 18.8. The summed E-state index contributed by atoms with van der Waals surface area (Å²) in [5.41, 5.74) is 5.52. The number of anilines is 1. The lowest BCUT2D eigenvalue weighted by molar-refractivity contribution is -0.125. The molecule has 5 heteroatoms. The lowest BCUT2D eigenvalue weighted by Gasteiger charge is -2.19. The van der Waals surface area contributed by atoms with Crippen LogP contribution in [-0.4, -0.2) is 24.7 Å². The van der Waals surface area contributed by atoms with Gasteiger partial charge in [0.2, 0.25) is 5.91 Å². The molecule has 1 amide bonds. The van der Waals surface area contributed by atoms with Crippen molar-refractivity contribution in [3.8, 4) is 11.8 Å². The number of ether oxygens (including phenoxy) is 1. The normalized spacial score (nSPS) is 10.7. The Morgan fingerprint density at radius 2 is 2.15 bits per heavy atom. The second kappa shape index (κ2) is 7.04. The largest absolute Gasteiger partial charge is 0.366 e. The number of hydrogen-bond acceptors (Lipinski definition) is 3. The molecule has 0 saturated heterocycles. The third kappa shape index (κ3) is 5.83. The van der Waals surface area contributed by atoms with Crippen molar-refractivity contribution in [3.63, 3.8) is 0 Å². The highest BCUT2D eigenvalue weighted by Gasteiger charge is 2.13. The number of carbonyl (C=O) groups is 1. The van der Waals surface area contributed by atoms with Crippen LogP contribution >= 0.6 is 0 Å². The predicted octanol–water partition coefficient (Wildman–Crippen LogP) is 1.89. The van der Waals surface area contributed by atoms with Crippen LogP contribution in [0.25, 0.3) is 0 Å². The van der Waals surface area contributed by atoms with E-state index in [4.69, 9.17) is 10.5 Å². The van der Waals surface area contributed by atoms with Crippen molar-refractivity contribution >= 4 is 11.6 Å². The standard InChI is InChI=1S/C15H19FN2O2/c1-15(2,3)20-10-14(19)18-12-6-7-13(16)11(9-12)5-4-8-17/h6-7,9H,8,10,17H2,1-3H3,(H,18,19). The number of hydrogen-bond donors (Lipinski definition) is 2. The molecule has 0 fully saturated rings. The van der Waals surface area contributed by atoms with Crippen LogP contribution in [0.5, 0.6) is 0 Å². The van der Waals surface area contributed by atoms with E-state index in [0.717, 1.165) is 0 Å². The molecule has 20 heavy (non-hydrogen) atoms. The monoisotopic (exact) mass is 278 g/mol. The molecule has 0 aliphatic carbocycles. The summed E-state index contributed by atoms with van der Waals surface area (Å²) in [6.45, 7) is 5.66. The van der Waals surface area contributed by atoms with Crippen LogP contribution in [0.3, 0.4) is 0 Å². The smallest absolute Gasteiger partial charge is 0.250 e. The van der Waals surface area contributed by atoms with Gasteiger partial charge in [-0.3, -0.25) is 4.79 Å². The molecule has 0 unspecified atom stereocenters. The Morgan fingerprint density at radius 3 is 2.75 bits per heavy atom. The van der Waals surface area contributed by atoms with Gasteiger partial charge in [0.05, 0.1) is 17.7 Å². The van der Waals surface area contributed by atoms with Crippen molar-refractivity contribution in [1.29, 1.82) is 0 Å². The quantitative estimate of drug-likeness (QED) is 0.830. The van der Waals surface area contributed by atoms with Gasteiger partial charge in [-0.2, -0.15) is 0 Å². The minimum Gasteiger partial charge on any atom is -0.366 e. The predicted molar refractivity (Wildman–Crippen MR) is 76.7 cm³/mol. The molecule has 0 aliphatic rings. The molecular weight excluding hydrogens is 259 g/mol. The number of benzene rings is 1. The summed E-state index contributed by atoms with van der Waals surface area (Å²) >= 11 is 0. The number of amides is 1. The maximum absolute atomic E-state index is 13.5. The van der Waals surface area contributed by atoms with Crippen molar-refractivity contribution in [1.82, 2.24) is 0 Å². The molecule has 0 radical (unpaired) electrons. The van der Waals surface area contributed by atoms with Crippen LogP contribution in [-0.2, 0) is 9.53 Å². The van der Waals surface area contributed by atoms with Crippen LogP contribution < -0.4 is 11.1 Å². The molecule has 0 spiro atoms. The Hall–Kier alpha value is -1.90. The summed E-state index contributed by atoms with van der Waals surface area (Å²) in [6.07, 6.45) is 0. The zero-order chi connectivity index (χ0) is 15.2. The van der Waals surface area contributed by atoms with Crippen molar-refractivity contribution < 1.29 is 13.9 Å². The van der Waals surface area contributed by atoms with Gasteiger partial charge in [0.15, 0.2) is 0 Å². The fourth-order valence-corrected chi connectivity index (χ4v) is 1.32. The van der Waals surface area contributed by atoms with E-state index in [1.165, 1.54) is 18.2 Å². The summed E-state index contributed by atoms with van der Waals surface area (Å²) in [4.78, 5) is 11.7. The van der Waals surface area contributed by atoms with Crippen LogP contribution in [0.15, 0.2) is 18.2 Å². The van der Waals surface area contributed by atoms with Crippen LogP contribution in [0.2, 0.25) is 0 Å². The average molecular weight is 278 g/mol. The van der Waals surface area contributed by atoms with E-state index in [-0.39, 0.29) is 24.6 Å². The minimum atomic E-state index is -0.449. The molecule has 1 aromatic rings.